The standard InChI is InChI=1S/C24H19ClF3N3O2S/c1-34-21-5-3-2-4-15(21)13-10-17(27)22(18(28)11-13)31-9-8-20(23(31)32)30-24(33)29-19-7-6-14(25)12-16(19)26/h2-7,10-12,20H,8-9H2,1H3,(H2,29,30,33). The largest absolute Gasteiger partial charge is 0.326 e. The first-order valence-corrected chi connectivity index (χ1v) is 11.8. The van der Waals surface area contributed by atoms with E-state index in [9.17, 15) is 14.0 Å². The lowest BCUT2D eigenvalue weighted by atomic mass is 10.0. The minimum atomic E-state index is -1.02. The van der Waals surface area contributed by atoms with Crippen LogP contribution in [0.2, 0.25) is 5.02 Å². The van der Waals surface area contributed by atoms with Crippen LogP contribution in [0.1, 0.15) is 6.42 Å². The van der Waals surface area contributed by atoms with Crippen LogP contribution >= 0.6 is 23.4 Å². The first kappa shape index (κ1) is 24.0. The van der Waals surface area contributed by atoms with E-state index in [1.165, 1.54) is 36.0 Å². The molecule has 3 aromatic rings. The van der Waals surface area contributed by atoms with Gasteiger partial charge in [0.25, 0.3) is 0 Å². The maximum atomic E-state index is 15.0. The van der Waals surface area contributed by atoms with Crippen molar-refractivity contribution >= 4 is 46.7 Å². The Balaban J connectivity index is 1.50. The second kappa shape index (κ2) is 9.99. The Morgan fingerprint density at radius 2 is 1.76 bits per heavy atom. The molecule has 0 saturated carbocycles. The molecule has 2 N–H and O–H groups in total. The predicted molar refractivity (Wildman–Crippen MR) is 128 cm³/mol. The van der Waals surface area contributed by atoms with Gasteiger partial charge in [-0.1, -0.05) is 29.8 Å². The lowest BCUT2D eigenvalue weighted by Gasteiger charge is -2.20. The van der Waals surface area contributed by atoms with E-state index in [1.807, 2.05) is 18.4 Å². The molecule has 3 aromatic carbocycles. The maximum absolute atomic E-state index is 15.0. The minimum absolute atomic E-state index is 0.00761. The van der Waals surface area contributed by atoms with Crippen LogP contribution in [0.15, 0.2) is 59.5 Å². The molecule has 1 aliphatic rings. The van der Waals surface area contributed by atoms with Crippen LogP contribution < -0.4 is 15.5 Å². The Kier molecular flexibility index (Phi) is 7.04. The third-order valence-electron chi connectivity index (χ3n) is 5.39. The molecule has 5 nitrogen and oxygen atoms in total. The predicted octanol–water partition coefficient (Wildman–Crippen LogP) is 6.07. The number of halogens is 4. The summed E-state index contributed by atoms with van der Waals surface area (Å²) in [5.41, 5.74) is 0.443. The van der Waals surface area contributed by atoms with E-state index in [0.717, 1.165) is 15.9 Å². The smallest absolute Gasteiger partial charge is 0.319 e. The average Bonchev–Trinajstić information content (AvgIpc) is 3.14. The third-order valence-corrected chi connectivity index (χ3v) is 6.43. The quantitative estimate of drug-likeness (QED) is 0.413. The molecule has 1 aliphatic heterocycles. The van der Waals surface area contributed by atoms with Crippen molar-refractivity contribution in [3.63, 3.8) is 0 Å². The molecule has 176 valence electrons. The van der Waals surface area contributed by atoms with E-state index in [4.69, 9.17) is 11.6 Å². The van der Waals surface area contributed by atoms with Crippen molar-refractivity contribution in [1.29, 1.82) is 0 Å². The lowest BCUT2D eigenvalue weighted by Crippen LogP contribution is -2.43. The number of nitrogens with zero attached hydrogens (tertiary/aromatic N) is 1. The van der Waals surface area contributed by atoms with Crippen molar-refractivity contribution < 1.29 is 22.8 Å². The van der Waals surface area contributed by atoms with Gasteiger partial charge in [0.2, 0.25) is 5.91 Å². The van der Waals surface area contributed by atoms with Crippen molar-refractivity contribution in [3.8, 4) is 11.1 Å². The van der Waals surface area contributed by atoms with Crippen LogP contribution in [0.25, 0.3) is 11.1 Å². The molecule has 0 bridgehead atoms. The number of anilines is 2. The van der Waals surface area contributed by atoms with Crippen molar-refractivity contribution in [2.45, 2.75) is 17.4 Å². The zero-order valence-corrected chi connectivity index (χ0v) is 19.4. The monoisotopic (exact) mass is 505 g/mol. The zero-order valence-electron chi connectivity index (χ0n) is 17.9. The third kappa shape index (κ3) is 4.85. The number of thioether (sulfide) groups is 1. The van der Waals surface area contributed by atoms with Crippen LogP contribution in [-0.2, 0) is 4.79 Å². The van der Waals surface area contributed by atoms with Gasteiger partial charge in [0, 0.05) is 16.5 Å². The molecule has 0 radical (unpaired) electrons. The Hall–Kier alpha value is -3.17. The highest BCUT2D eigenvalue weighted by molar-refractivity contribution is 7.98. The van der Waals surface area contributed by atoms with Gasteiger partial charge < -0.3 is 15.5 Å². The van der Waals surface area contributed by atoms with Gasteiger partial charge in [-0.2, -0.15) is 0 Å². The average molecular weight is 506 g/mol. The van der Waals surface area contributed by atoms with Gasteiger partial charge in [-0.25, -0.2) is 18.0 Å². The number of benzene rings is 3. The molecule has 0 aliphatic carbocycles. The Morgan fingerprint density at radius 1 is 1.06 bits per heavy atom. The molecular formula is C24H19ClF3N3O2S. The van der Waals surface area contributed by atoms with E-state index in [-0.39, 0.29) is 23.7 Å². The van der Waals surface area contributed by atoms with E-state index in [1.54, 1.807) is 12.1 Å². The number of nitrogens with one attached hydrogen (secondary N) is 2. The van der Waals surface area contributed by atoms with Crippen LogP contribution in [0.5, 0.6) is 0 Å². The summed E-state index contributed by atoms with van der Waals surface area (Å²) < 4.78 is 43.9. The fourth-order valence-corrected chi connectivity index (χ4v) is 4.58. The molecule has 0 aromatic heterocycles. The normalized spacial score (nSPS) is 15.5. The maximum Gasteiger partial charge on any atom is 0.319 e. The highest BCUT2D eigenvalue weighted by Gasteiger charge is 2.36. The Bertz CT molecular complexity index is 1250. The second-order valence-corrected chi connectivity index (χ2v) is 8.83. The Morgan fingerprint density at radius 3 is 2.44 bits per heavy atom. The summed E-state index contributed by atoms with van der Waals surface area (Å²) in [5.74, 6) is -3.17. The number of urea groups is 1. The fraction of sp³-hybridized carbons (Fsp3) is 0.167. The molecule has 1 fully saturated rings. The van der Waals surface area contributed by atoms with Gasteiger partial charge in [-0.15, -0.1) is 11.8 Å². The molecule has 0 spiro atoms. The van der Waals surface area contributed by atoms with Gasteiger partial charge in [-0.05, 0) is 60.2 Å². The molecule has 1 heterocycles. The molecule has 1 saturated heterocycles. The Labute approximate surface area is 203 Å². The molecular weight excluding hydrogens is 487 g/mol. The summed E-state index contributed by atoms with van der Waals surface area (Å²) in [7, 11) is 0. The first-order valence-electron chi connectivity index (χ1n) is 10.2. The van der Waals surface area contributed by atoms with Crippen LogP contribution in [0, 0.1) is 17.5 Å². The van der Waals surface area contributed by atoms with Gasteiger partial charge in [0.05, 0.1) is 5.69 Å². The van der Waals surface area contributed by atoms with Gasteiger partial charge in [-0.3, -0.25) is 4.79 Å². The molecule has 4 rings (SSSR count). The number of hydrogen-bond acceptors (Lipinski definition) is 3. The van der Waals surface area contributed by atoms with Gasteiger partial charge >= 0.3 is 6.03 Å². The summed E-state index contributed by atoms with van der Waals surface area (Å²) in [6.45, 7) is 0.00761. The van der Waals surface area contributed by atoms with E-state index in [0.29, 0.717) is 11.1 Å². The molecule has 34 heavy (non-hydrogen) atoms. The van der Waals surface area contributed by atoms with Crippen molar-refractivity contribution in [1.82, 2.24) is 5.32 Å². The van der Waals surface area contributed by atoms with Crippen LogP contribution in [-0.4, -0.2) is 30.8 Å². The van der Waals surface area contributed by atoms with E-state index in [2.05, 4.69) is 10.6 Å². The van der Waals surface area contributed by atoms with Crippen molar-refractivity contribution in [2.75, 3.05) is 23.0 Å². The van der Waals surface area contributed by atoms with E-state index < -0.39 is 41.1 Å². The van der Waals surface area contributed by atoms with Crippen LogP contribution in [0.3, 0.4) is 0 Å². The van der Waals surface area contributed by atoms with Crippen LogP contribution in [0.4, 0.5) is 29.3 Å². The van der Waals surface area contributed by atoms with E-state index >= 15 is 8.78 Å². The molecule has 1 atom stereocenters. The summed E-state index contributed by atoms with van der Waals surface area (Å²) in [5, 5.41) is 4.88. The van der Waals surface area contributed by atoms with Gasteiger partial charge in [0.15, 0.2) is 11.6 Å². The second-order valence-electron chi connectivity index (χ2n) is 7.54. The summed E-state index contributed by atoms with van der Waals surface area (Å²) >= 11 is 7.14. The van der Waals surface area contributed by atoms with Crippen molar-refractivity contribution in [3.05, 3.63) is 77.1 Å². The first-order chi connectivity index (χ1) is 16.3. The number of carbonyl (C=O) groups is 2. The molecule has 10 heteroatoms. The summed E-state index contributed by atoms with van der Waals surface area (Å²) in [4.78, 5) is 26.9. The summed E-state index contributed by atoms with van der Waals surface area (Å²) in [6.07, 6.45) is 2.00. The SMILES string of the molecule is CSc1ccccc1-c1cc(F)c(N2CCC(NC(=O)Nc3ccc(Cl)cc3F)C2=O)c(F)c1. The van der Waals surface area contributed by atoms with Crippen molar-refractivity contribution in [2.24, 2.45) is 0 Å². The minimum Gasteiger partial charge on any atom is -0.326 e. The molecule has 3 amide bonds. The molecule has 1 unspecified atom stereocenters. The fourth-order valence-electron chi connectivity index (χ4n) is 3.81. The highest BCUT2D eigenvalue weighted by atomic mass is 35.5. The number of amides is 3. The number of rotatable bonds is 5. The number of carbonyl (C=O) groups excluding carboxylic acids is 2. The summed E-state index contributed by atoms with van der Waals surface area (Å²) in [6, 6.07) is 11.5. The topological polar surface area (TPSA) is 61.4 Å². The van der Waals surface area contributed by atoms with Gasteiger partial charge in [0.1, 0.15) is 17.5 Å². The lowest BCUT2D eigenvalue weighted by molar-refractivity contribution is -0.118. The number of hydrogen-bond donors (Lipinski definition) is 2. The highest BCUT2D eigenvalue weighted by Crippen LogP contribution is 2.35. The zero-order chi connectivity index (χ0) is 24.4.